The van der Waals surface area contributed by atoms with Crippen LogP contribution in [0, 0.1) is 6.92 Å². The Morgan fingerprint density at radius 1 is 1.44 bits per heavy atom. The second-order valence-electron chi connectivity index (χ2n) is 3.85. The molecule has 0 bridgehead atoms. The number of phenolic OH excluding ortho intramolecular Hbond substituents is 1. The van der Waals surface area contributed by atoms with Crippen molar-refractivity contribution in [3.05, 3.63) is 41.7 Å². The van der Waals surface area contributed by atoms with Crippen LogP contribution in [0.15, 0.2) is 35.4 Å². The van der Waals surface area contributed by atoms with Crippen molar-refractivity contribution >= 4 is 10.0 Å². The summed E-state index contributed by atoms with van der Waals surface area (Å²) in [5, 5.41) is 15.5. The third-order valence-corrected chi connectivity index (χ3v) is 3.97. The molecule has 0 atom stereocenters. The Balaban J connectivity index is 2.13. The average molecular weight is 267 g/mol. The molecule has 3 N–H and O–H groups in total. The highest BCUT2D eigenvalue weighted by Gasteiger charge is 2.17. The first-order chi connectivity index (χ1) is 8.49. The van der Waals surface area contributed by atoms with Crippen LogP contribution >= 0.6 is 0 Å². The molecule has 0 spiro atoms. The van der Waals surface area contributed by atoms with Crippen LogP contribution in [0.2, 0.25) is 0 Å². The molecule has 1 aromatic carbocycles. The number of aromatic hydroxyl groups is 1. The fraction of sp³-hybridized carbons (Fsp3) is 0.182. The molecule has 2 aromatic rings. The molecule has 0 aliphatic rings. The van der Waals surface area contributed by atoms with E-state index < -0.39 is 10.0 Å². The standard InChI is InChI=1S/C11H13N3O3S/c1-8-11(7-12-14-8)18(16,17)13-6-9-3-2-4-10(15)5-9/h2-5,7,13,15H,6H2,1H3,(H,12,14). The minimum atomic E-state index is -3.58. The van der Waals surface area contributed by atoms with E-state index in [0.717, 1.165) is 0 Å². The number of aryl methyl sites for hydroxylation is 1. The topological polar surface area (TPSA) is 95.1 Å². The maximum Gasteiger partial charge on any atom is 0.244 e. The van der Waals surface area contributed by atoms with Gasteiger partial charge in [0.05, 0.1) is 11.9 Å². The summed E-state index contributed by atoms with van der Waals surface area (Å²) in [7, 11) is -3.58. The van der Waals surface area contributed by atoms with Gasteiger partial charge >= 0.3 is 0 Å². The zero-order chi connectivity index (χ0) is 13.2. The lowest BCUT2D eigenvalue weighted by Gasteiger charge is -2.06. The summed E-state index contributed by atoms with van der Waals surface area (Å²) in [5.41, 5.74) is 1.16. The largest absolute Gasteiger partial charge is 0.508 e. The van der Waals surface area contributed by atoms with E-state index in [-0.39, 0.29) is 17.2 Å². The highest BCUT2D eigenvalue weighted by atomic mass is 32.2. The number of nitrogens with zero attached hydrogens (tertiary/aromatic N) is 1. The van der Waals surface area contributed by atoms with Gasteiger partial charge in [0.1, 0.15) is 10.6 Å². The second kappa shape index (κ2) is 4.79. The minimum Gasteiger partial charge on any atom is -0.508 e. The second-order valence-corrected chi connectivity index (χ2v) is 5.59. The number of phenols is 1. The van der Waals surface area contributed by atoms with Crippen LogP contribution in [0.4, 0.5) is 0 Å². The van der Waals surface area contributed by atoms with Crippen LogP contribution < -0.4 is 4.72 Å². The summed E-state index contributed by atoms with van der Waals surface area (Å²) in [6, 6.07) is 6.41. The third kappa shape index (κ3) is 2.69. The van der Waals surface area contributed by atoms with Gasteiger partial charge in [-0.15, -0.1) is 0 Å². The summed E-state index contributed by atoms with van der Waals surface area (Å²) in [6.07, 6.45) is 1.26. The number of aromatic amines is 1. The molecule has 0 unspecified atom stereocenters. The Kier molecular flexibility index (Phi) is 3.35. The number of H-pyrrole nitrogens is 1. The first-order valence-corrected chi connectivity index (χ1v) is 6.75. The summed E-state index contributed by atoms with van der Waals surface area (Å²) >= 11 is 0. The molecule has 1 aromatic heterocycles. The van der Waals surface area contributed by atoms with Crippen molar-refractivity contribution in [2.24, 2.45) is 0 Å². The molecule has 0 aliphatic heterocycles. The van der Waals surface area contributed by atoms with Crippen molar-refractivity contribution in [1.29, 1.82) is 0 Å². The van der Waals surface area contributed by atoms with Gasteiger partial charge in [-0.25, -0.2) is 13.1 Å². The Labute approximate surface area is 105 Å². The highest BCUT2D eigenvalue weighted by Crippen LogP contribution is 2.14. The zero-order valence-corrected chi connectivity index (χ0v) is 10.5. The van der Waals surface area contributed by atoms with Gasteiger partial charge in [-0.2, -0.15) is 5.10 Å². The Bertz CT molecular complexity index is 649. The van der Waals surface area contributed by atoms with Gasteiger partial charge in [0.15, 0.2) is 0 Å². The summed E-state index contributed by atoms with van der Waals surface area (Å²) in [4.78, 5) is 0.127. The van der Waals surface area contributed by atoms with E-state index in [2.05, 4.69) is 14.9 Å². The lowest BCUT2D eigenvalue weighted by molar-refractivity contribution is 0.474. The molecule has 0 amide bonds. The molecule has 96 valence electrons. The predicted octanol–water partition coefficient (Wildman–Crippen LogP) is 0.902. The van der Waals surface area contributed by atoms with E-state index in [4.69, 9.17) is 0 Å². The number of nitrogens with one attached hydrogen (secondary N) is 2. The average Bonchev–Trinajstić information content (AvgIpc) is 2.74. The van der Waals surface area contributed by atoms with Gasteiger partial charge < -0.3 is 5.11 Å². The van der Waals surface area contributed by atoms with Gasteiger partial charge in [0.25, 0.3) is 0 Å². The Morgan fingerprint density at radius 3 is 2.83 bits per heavy atom. The van der Waals surface area contributed by atoms with Crippen molar-refractivity contribution in [1.82, 2.24) is 14.9 Å². The maximum atomic E-state index is 11.9. The molecule has 0 fully saturated rings. The molecule has 0 saturated heterocycles. The number of sulfonamides is 1. The highest BCUT2D eigenvalue weighted by molar-refractivity contribution is 7.89. The van der Waals surface area contributed by atoms with E-state index >= 15 is 0 Å². The Morgan fingerprint density at radius 2 is 2.22 bits per heavy atom. The fourth-order valence-electron chi connectivity index (χ4n) is 1.53. The first kappa shape index (κ1) is 12.6. The predicted molar refractivity (Wildman–Crippen MR) is 65.5 cm³/mol. The molecule has 18 heavy (non-hydrogen) atoms. The van der Waals surface area contributed by atoms with Crippen LogP contribution in [-0.4, -0.2) is 23.7 Å². The van der Waals surface area contributed by atoms with E-state index in [1.807, 2.05) is 0 Å². The molecule has 6 nitrogen and oxygen atoms in total. The quantitative estimate of drug-likeness (QED) is 0.767. The van der Waals surface area contributed by atoms with Crippen molar-refractivity contribution in [2.75, 3.05) is 0 Å². The number of benzene rings is 1. The first-order valence-electron chi connectivity index (χ1n) is 5.26. The van der Waals surface area contributed by atoms with Crippen molar-refractivity contribution < 1.29 is 13.5 Å². The maximum absolute atomic E-state index is 11.9. The Hall–Kier alpha value is -1.86. The lowest BCUT2D eigenvalue weighted by Crippen LogP contribution is -2.23. The smallest absolute Gasteiger partial charge is 0.244 e. The van der Waals surface area contributed by atoms with Crippen LogP contribution in [0.5, 0.6) is 5.75 Å². The molecule has 1 heterocycles. The number of hydrogen-bond donors (Lipinski definition) is 3. The number of rotatable bonds is 4. The van der Waals surface area contributed by atoms with Gasteiger partial charge in [-0.05, 0) is 24.6 Å². The van der Waals surface area contributed by atoms with Crippen LogP contribution in [0.1, 0.15) is 11.3 Å². The van der Waals surface area contributed by atoms with Crippen molar-refractivity contribution in [3.8, 4) is 5.75 Å². The number of hydrogen-bond acceptors (Lipinski definition) is 4. The number of aromatic nitrogens is 2. The molecule has 2 rings (SSSR count). The third-order valence-electron chi connectivity index (χ3n) is 2.45. The monoisotopic (exact) mass is 267 g/mol. The van der Waals surface area contributed by atoms with Gasteiger partial charge in [-0.3, -0.25) is 5.10 Å². The minimum absolute atomic E-state index is 0.103. The van der Waals surface area contributed by atoms with Gasteiger partial charge in [-0.1, -0.05) is 12.1 Å². The SMILES string of the molecule is Cc1[nH]ncc1S(=O)(=O)NCc1cccc(O)c1. The van der Waals surface area contributed by atoms with Crippen LogP contribution in [-0.2, 0) is 16.6 Å². The van der Waals surface area contributed by atoms with E-state index in [1.54, 1.807) is 19.1 Å². The van der Waals surface area contributed by atoms with E-state index in [9.17, 15) is 13.5 Å². The lowest BCUT2D eigenvalue weighted by atomic mass is 10.2. The van der Waals surface area contributed by atoms with Gasteiger partial charge in [0, 0.05) is 6.54 Å². The normalized spacial score (nSPS) is 11.6. The van der Waals surface area contributed by atoms with E-state index in [1.165, 1.54) is 18.3 Å². The van der Waals surface area contributed by atoms with Crippen LogP contribution in [0.3, 0.4) is 0 Å². The molecular weight excluding hydrogens is 254 g/mol. The summed E-state index contributed by atoms with van der Waals surface area (Å²) < 4.78 is 26.3. The molecule has 0 aliphatic carbocycles. The van der Waals surface area contributed by atoms with Gasteiger partial charge in [0.2, 0.25) is 10.0 Å². The summed E-state index contributed by atoms with van der Waals surface area (Å²) in [6.45, 7) is 1.75. The summed E-state index contributed by atoms with van der Waals surface area (Å²) in [5.74, 6) is 0.103. The molecule has 0 radical (unpaired) electrons. The van der Waals surface area contributed by atoms with Crippen LogP contribution in [0.25, 0.3) is 0 Å². The molecule has 0 saturated carbocycles. The van der Waals surface area contributed by atoms with Crippen molar-refractivity contribution in [2.45, 2.75) is 18.4 Å². The molecular formula is C11H13N3O3S. The molecule has 7 heteroatoms. The fourth-order valence-corrected chi connectivity index (χ4v) is 2.69. The van der Waals surface area contributed by atoms with Crippen molar-refractivity contribution in [3.63, 3.8) is 0 Å². The van der Waals surface area contributed by atoms with E-state index in [0.29, 0.717) is 11.3 Å². The zero-order valence-electron chi connectivity index (χ0n) is 9.71.